The minimum atomic E-state index is 0.276. The Morgan fingerprint density at radius 1 is 1.10 bits per heavy atom. The Balaban J connectivity index is 1.70. The van der Waals surface area contributed by atoms with Gasteiger partial charge in [0.2, 0.25) is 6.79 Å². The molecule has 1 aliphatic rings. The van der Waals surface area contributed by atoms with Crippen LogP contribution in [-0.2, 0) is 13.2 Å². The maximum atomic E-state index is 5.80. The van der Waals surface area contributed by atoms with E-state index in [1.807, 2.05) is 24.3 Å². The molecule has 4 nitrogen and oxygen atoms in total. The minimum Gasteiger partial charge on any atom is -0.489 e. The van der Waals surface area contributed by atoms with Crippen molar-refractivity contribution in [3.8, 4) is 17.2 Å². The van der Waals surface area contributed by atoms with Crippen molar-refractivity contribution >= 4 is 0 Å². The molecule has 20 heavy (non-hydrogen) atoms. The maximum absolute atomic E-state index is 5.80. The van der Waals surface area contributed by atoms with Crippen molar-refractivity contribution in [1.29, 1.82) is 0 Å². The van der Waals surface area contributed by atoms with Crippen LogP contribution in [0.4, 0.5) is 0 Å². The van der Waals surface area contributed by atoms with Crippen LogP contribution < -0.4 is 19.9 Å². The maximum Gasteiger partial charge on any atom is 0.231 e. The van der Waals surface area contributed by atoms with Gasteiger partial charge in [0.05, 0.1) is 0 Å². The summed E-state index contributed by atoms with van der Waals surface area (Å²) in [6.07, 6.45) is 0. The lowest BCUT2D eigenvalue weighted by atomic mass is 10.1. The van der Waals surface area contributed by atoms with Gasteiger partial charge in [-0.05, 0) is 35.7 Å². The van der Waals surface area contributed by atoms with Crippen molar-refractivity contribution in [3.05, 3.63) is 53.1 Å². The lowest BCUT2D eigenvalue weighted by Gasteiger charge is -2.10. The van der Waals surface area contributed by atoms with E-state index < -0.39 is 0 Å². The first kappa shape index (κ1) is 12.8. The number of benzene rings is 2. The first-order valence-electron chi connectivity index (χ1n) is 6.57. The fourth-order valence-electron chi connectivity index (χ4n) is 2.17. The summed E-state index contributed by atoms with van der Waals surface area (Å²) in [4.78, 5) is 0. The summed E-state index contributed by atoms with van der Waals surface area (Å²) in [7, 11) is 0. The highest BCUT2D eigenvalue weighted by atomic mass is 16.7. The summed E-state index contributed by atoms with van der Waals surface area (Å²) in [5.41, 5.74) is 9.10. The Labute approximate surface area is 118 Å². The van der Waals surface area contributed by atoms with E-state index >= 15 is 0 Å². The van der Waals surface area contributed by atoms with Crippen molar-refractivity contribution in [2.24, 2.45) is 5.73 Å². The average molecular weight is 271 g/mol. The number of rotatable bonds is 4. The number of aryl methyl sites for hydroxylation is 1. The summed E-state index contributed by atoms with van der Waals surface area (Å²) < 4.78 is 16.4. The largest absolute Gasteiger partial charge is 0.489 e. The SMILES string of the molecule is Cc1cc(CN)ccc1COc1ccc2c(c1)OCO2. The third kappa shape index (κ3) is 2.56. The number of hydrogen-bond donors (Lipinski definition) is 1. The van der Waals surface area contributed by atoms with Gasteiger partial charge in [-0.2, -0.15) is 0 Å². The molecule has 1 heterocycles. The van der Waals surface area contributed by atoms with Gasteiger partial charge in [0.25, 0.3) is 0 Å². The lowest BCUT2D eigenvalue weighted by molar-refractivity contribution is 0.173. The quantitative estimate of drug-likeness (QED) is 0.929. The van der Waals surface area contributed by atoms with Gasteiger partial charge in [0.1, 0.15) is 12.4 Å². The predicted molar refractivity (Wildman–Crippen MR) is 76.0 cm³/mol. The van der Waals surface area contributed by atoms with E-state index in [1.54, 1.807) is 0 Å². The highest BCUT2D eigenvalue weighted by Crippen LogP contribution is 2.35. The van der Waals surface area contributed by atoms with Crippen LogP contribution >= 0.6 is 0 Å². The average Bonchev–Trinajstić information content (AvgIpc) is 2.93. The zero-order chi connectivity index (χ0) is 13.9. The fraction of sp³-hybridized carbons (Fsp3) is 0.250. The van der Waals surface area contributed by atoms with Crippen LogP contribution in [0.3, 0.4) is 0 Å². The molecule has 0 bridgehead atoms. The smallest absolute Gasteiger partial charge is 0.231 e. The van der Waals surface area contributed by atoms with E-state index in [4.69, 9.17) is 19.9 Å². The van der Waals surface area contributed by atoms with Crippen LogP contribution in [0.25, 0.3) is 0 Å². The van der Waals surface area contributed by atoms with Gasteiger partial charge in [-0.25, -0.2) is 0 Å². The molecule has 0 aliphatic carbocycles. The monoisotopic (exact) mass is 271 g/mol. The molecule has 0 atom stereocenters. The Bertz CT molecular complexity index is 625. The Kier molecular flexibility index (Phi) is 3.48. The second kappa shape index (κ2) is 5.43. The van der Waals surface area contributed by atoms with E-state index in [9.17, 15) is 0 Å². The summed E-state index contributed by atoms with van der Waals surface area (Å²) in [6.45, 7) is 3.43. The zero-order valence-electron chi connectivity index (χ0n) is 11.4. The van der Waals surface area contributed by atoms with Crippen molar-refractivity contribution in [3.63, 3.8) is 0 Å². The van der Waals surface area contributed by atoms with Crippen LogP contribution in [-0.4, -0.2) is 6.79 Å². The van der Waals surface area contributed by atoms with Gasteiger partial charge in [-0.3, -0.25) is 0 Å². The van der Waals surface area contributed by atoms with Crippen molar-refractivity contribution in [1.82, 2.24) is 0 Å². The number of fused-ring (bicyclic) bond motifs is 1. The zero-order valence-corrected chi connectivity index (χ0v) is 11.4. The third-order valence-electron chi connectivity index (χ3n) is 3.38. The molecule has 1 aliphatic heterocycles. The van der Waals surface area contributed by atoms with E-state index in [2.05, 4.69) is 19.1 Å². The molecule has 0 unspecified atom stereocenters. The third-order valence-corrected chi connectivity index (χ3v) is 3.38. The topological polar surface area (TPSA) is 53.7 Å². The van der Waals surface area contributed by atoms with Gasteiger partial charge in [-0.1, -0.05) is 18.2 Å². The standard InChI is InChI=1S/C16H17NO3/c1-11-6-12(8-17)2-3-13(11)9-18-14-4-5-15-16(7-14)20-10-19-15/h2-7H,8-10,17H2,1H3. The number of hydrogen-bond acceptors (Lipinski definition) is 4. The Morgan fingerprint density at radius 3 is 2.75 bits per heavy atom. The van der Waals surface area contributed by atoms with Crippen molar-refractivity contribution in [2.75, 3.05) is 6.79 Å². The molecule has 4 heteroatoms. The first-order valence-corrected chi connectivity index (χ1v) is 6.57. The Hall–Kier alpha value is -2.20. The number of ether oxygens (including phenoxy) is 3. The van der Waals surface area contributed by atoms with Crippen LogP contribution in [0.1, 0.15) is 16.7 Å². The second-order valence-electron chi connectivity index (χ2n) is 4.77. The van der Waals surface area contributed by atoms with Gasteiger partial charge < -0.3 is 19.9 Å². The molecule has 2 N–H and O–H groups in total. The fourth-order valence-corrected chi connectivity index (χ4v) is 2.17. The van der Waals surface area contributed by atoms with E-state index in [-0.39, 0.29) is 6.79 Å². The molecule has 0 saturated carbocycles. The molecule has 2 aromatic carbocycles. The molecular weight excluding hydrogens is 254 g/mol. The molecule has 2 aromatic rings. The van der Waals surface area contributed by atoms with Gasteiger partial charge in [0, 0.05) is 12.6 Å². The highest BCUT2D eigenvalue weighted by molar-refractivity contribution is 5.47. The second-order valence-corrected chi connectivity index (χ2v) is 4.77. The molecule has 0 radical (unpaired) electrons. The van der Waals surface area contributed by atoms with Crippen LogP contribution in [0.2, 0.25) is 0 Å². The first-order chi connectivity index (χ1) is 9.76. The number of nitrogens with two attached hydrogens (primary N) is 1. The molecular formula is C16H17NO3. The van der Waals surface area contributed by atoms with Crippen LogP contribution in [0.15, 0.2) is 36.4 Å². The summed E-state index contributed by atoms with van der Waals surface area (Å²) in [5.74, 6) is 2.27. The molecule has 0 fully saturated rings. The van der Waals surface area contributed by atoms with Crippen LogP contribution in [0, 0.1) is 6.92 Å². The minimum absolute atomic E-state index is 0.276. The molecule has 0 spiro atoms. The predicted octanol–water partition coefficient (Wildman–Crippen LogP) is 2.76. The van der Waals surface area contributed by atoms with Gasteiger partial charge >= 0.3 is 0 Å². The normalized spacial score (nSPS) is 12.5. The van der Waals surface area contributed by atoms with E-state index in [0.717, 1.165) is 28.4 Å². The molecule has 0 amide bonds. The Morgan fingerprint density at radius 2 is 1.95 bits per heavy atom. The summed E-state index contributed by atoms with van der Waals surface area (Å²) >= 11 is 0. The van der Waals surface area contributed by atoms with Gasteiger partial charge in [-0.15, -0.1) is 0 Å². The van der Waals surface area contributed by atoms with Crippen molar-refractivity contribution in [2.45, 2.75) is 20.1 Å². The summed E-state index contributed by atoms with van der Waals surface area (Å²) in [6, 6.07) is 11.8. The highest BCUT2D eigenvalue weighted by Gasteiger charge is 2.13. The van der Waals surface area contributed by atoms with Crippen molar-refractivity contribution < 1.29 is 14.2 Å². The van der Waals surface area contributed by atoms with Crippen LogP contribution in [0.5, 0.6) is 17.2 Å². The molecule has 104 valence electrons. The lowest BCUT2D eigenvalue weighted by Crippen LogP contribution is -2.01. The summed E-state index contributed by atoms with van der Waals surface area (Å²) in [5, 5.41) is 0. The van der Waals surface area contributed by atoms with E-state index in [0.29, 0.717) is 13.2 Å². The molecule has 3 rings (SSSR count). The van der Waals surface area contributed by atoms with E-state index in [1.165, 1.54) is 5.56 Å². The molecule has 0 saturated heterocycles. The van der Waals surface area contributed by atoms with Gasteiger partial charge in [0.15, 0.2) is 11.5 Å². The molecule has 0 aromatic heterocycles.